The lowest BCUT2D eigenvalue weighted by molar-refractivity contribution is 0.311. The fraction of sp³-hybridized carbons (Fsp3) is 0.318. The Bertz CT molecular complexity index is 1090. The van der Waals surface area contributed by atoms with Crippen LogP contribution in [0.4, 0.5) is 0 Å². The van der Waals surface area contributed by atoms with Gasteiger partial charge in [-0.15, -0.1) is 0 Å². The smallest absolute Gasteiger partial charge is 0.282 e. The van der Waals surface area contributed by atoms with E-state index in [0.29, 0.717) is 41.3 Å². The second kappa shape index (κ2) is 9.69. The minimum Gasteiger partial charge on any atom is -0.493 e. The first-order valence-corrected chi connectivity index (χ1v) is 10.4. The number of hydrogen-bond acceptors (Lipinski definition) is 5. The zero-order valence-electron chi connectivity index (χ0n) is 16.8. The van der Waals surface area contributed by atoms with Crippen LogP contribution >= 0.6 is 15.9 Å². The van der Waals surface area contributed by atoms with Crippen LogP contribution in [0.3, 0.4) is 0 Å². The van der Waals surface area contributed by atoms with E-state index in [0.717, 1.165) is 22.9 Å². The van der Waals surface area contributed by atoms with Gasteiger partial charge in [0, 0.05) is 10.9 Å². The lowest BCUT2D eigenvalue weighted by Gasteiger charge is -2.10. The van der Waals surface area contributed by atoms with Crippen LogP contribution in [-0.2, 0) is 6.42 Å². The number of halogens is 1. The SMILES string of the molecule is CCCCc1nc2ccc(Br)cc2c(=O)n1N=Cc1ccc(OC)c(OCC)c1. The number of methoxy groups -OCH3 is 1. The lowest BCUT2D eigenvalue weighted by Crippen LogP contribution is -2.22. The summed E-state index contributed by atoms with van der Waals surface area (Å²) >= 11 is 3.42. The summed E-state index contributed by atoms with van der Waals surface area (Å²) in [5, 5.41) is 5.00. The van der Waals surface area contributed by atoms with Gasteiger partial charge in [0.1, 0.15) is 5.82 Å². The normalized spacial score (nSPS) is 11.3. The molecule has 0 aliphatic rings. The van der Waals surface area contributed by atoms with Crippen molar-refractivity contribution < 1.29 is 9.47 Å². The second-order valence-corrected chi connectivity index (χ2v) is 7.41. The summed E-state index contributed by atoms with van der Waals surface area (Å²) in [6, 6.07) is 11.0. The third-order valence-corrected chi connectivity index (χ3v) is 4.93. The van der Waals surface area contributed by atoms with Gasteiger partial charge in [-0.1, -0.05) is 29.3 Å². The number of fused-ring (bicyclic) bond motifs is 1. The zero-order valence-corrected chi connectivity index (χ0v) is 18.4. The Kier molecular flexibility index (Phi) is 7.04. The molecule has 1 heterocycles. The predicted octanol–water partition coefficient (Wildman–Crippen LogP) is 4.79. The fourth-order valence-electron chi connectivity index (χ4n) is 2.98. The van der Waals surface area contributed by atoms with E-state index in [2.05, 4.69) is 32.9 Å². The molecule has 0 amide bonds. The maximum absolute atomic E-state index is 13.1. The second-order valence-electron chi connectivity index (χ2n) is 6.50. The molecular weight excluding hydrogens is 434 g/mol. The molecule has 0 spiro atoms. The average Bonchev–Trinajstić information content (AvgIpc) is 2.72. The van der Waals surface area contributed by atoms with Crippen molar-refractivity contribution in [3.05, 3.63) is 62.6 Å². The maximum Gasteiger partial charge on any atom is 0.282 e. The number of unbranched alkanes of at least 4 members (excludes halogenated alkanes) is 1. The van der Waals surface area contributed by atoms with Crippen LogP contribution in [0.1, 0.15) is 38.1 Å². The molecule has 3 aromatic rings. The highest BCUT2D eigenvalue weighted by molar-refractivity contribution is 9.10. The van der Waals surface area contributed by atoms with Crippen molar-refractivity contribution in [3.8, 4) is 11.5 Å². The molecule has 0 fully saturated rings. The molecule has 1 aromatic heterocycles. The Balaban J connectivity index is 2.07. The molecule has 0 N–H and O–H groups in total. The Morgan fingerprint density at radius 1 is 1.17 bits per heavy atom. The third kappa shape index (κ3) is 4.85. The standard InChI is InChI=1S/C22H24BrN3O3/c1-4-6-7-21-25-18-10-9-16(23)13-17(18)22(27)26(21)24-14-15-8-11-19(28-3)20(12-15)29-5-2/h8-14H,4-7H2,1-3H3. The summed E-state index contributed by atoms with van der Waals surface area (Å²) in [6.07, 6.45) is 4.27. The molecule has 6 nitrogen and oxygen atoms in total. The van der Waals surface area contributed by atoms with Gasteiger partial charge < -0.3 is 9.47 Å². The van der Waals surface area contributed by atoms with Crippen molar-refractivity contribution in [2.45, 2.75) is 33.1 Å². The van der Waals surface area contributed by atoms with E-state index in [4.69, 9.17) is 9.47 Å². The molecule has 29 heavy (non-hydrogen) atoms. The number of nitrogens with zero attached hydrogens (tertiary/aromatic N) is 3. The molecule has 0 aliphatic heterocycles. The largest absolute Gasteiger partial charge is 0.493 e. The predicted molar refractivity (Wildman–Crippen MR) is 119 cm³/mol. The minimum atomic E-state index is -0.183. The summed E-state index contributed by atoms with van der Waals surface area (Å²) in [5.74, 6) is 1.95. The van der Waals surface area contributed by atoms with E-state index in [1.54, 1.807) is 19.4 Å². The van der Waals surface area contributed by atoms with Gasteiger partial charge in [-0.3, -0.25) is 4.79 Å². The van der Waals surface area contributed by atoms with E-state index < -0.39 is 0 Å². The van der Waals surface area contributed by atoms with Gasteiger partial charge in [-0.2, -0.15) is 9.78 Å². The zero-order chi connectivity index (χ0) is 20.8. The summed E-state index contributed by atoms with van der Waals surface area (Å²) in [5.41, 5.74) is 1.30. The number of benzene rings is 2. The monoisotopic (exact) mass is 457 g/mol. The maximum atomic E-state index is 13.1. The van der Waals surface area contributed by atoms with Gasteiger partial charge in [0.15, 0.2) is 11.5 Å². The quantitative estimate of drug-likeness (QED) is 0.456. The Hall–Kier alpha value is -2.67. The van der Waals surface area contributed by atoms with Gasteiger partial charge in [0.05, 0.1) is 30.8 Å². The van der Waals surface area contributed by atoms with Crippen LogP contribution in [0.25, 0.3) is 10.9 Å². The first-order chi connectivity index (χ1) is 14.1. The van der Waals surface area contributed by atoms with Gasteiger partial charge in [0.25, 0.3) is 5.56 Å². The van der Waals surface area contributed by atoms with Crippen molar-refractivity contribution in [2.24, 2.45) is 5.10 Å². The summed E-state index contributed by atoms with van der Waals surface area (Å²) < 4.78 is 13.2. The number of rotatable bonds is 8. The summed E-state index contributed by atoms with van der Waals surface area (Å²) in [7, 11) is 1.60. The van der Waals surface area contributed by atoms with Crippen LogP contribution in [0.2, 0.25) is 0 Å². The van der Waals surface area contributed by atoms with Crippen molar-refractivity contribution in [1.82, 2.24) is 9.66 Å². The van der Waals surface area contributed by atoms with E-state index >= 15 is 0 Å². The van der Waals surface area contributed by atoms with Crippen LogP contribution in [-0.4, -0.2) is 29.6 Å². The van der Waals surface area contributed by atoms with Crippen molar-refractivity contribution in [1.29, 1.82) is 0 Å². The topological polar surface area (TPSA) is 65.7 Å². The first kappa shape index (κ1) is 21.0. The summed E-state index contributed by atoms with van der Waals surface area (Å²) in [4.78, 5) is 17.8. The van der Waals surface area contributed by atoms with E-state index in [1.807, 2.05) is 37.3 Å². The molecule has 2 aromatic carbocycles. The average molecular weight is 458 g/mol. The molecule has 0 aliphatic carbocycles. The van der Waals surface area contributed by atoms with E-state index in [1.165, 1.54) is 4.68 Å². The molecule has 152 valence electrons. The Morgan fingerprint density at radius 3 is 2.72 bits per heavy atom. The number of aromatic nitrogens is 2. The van der Waals surface area contributed by atoms with Crippen molar-refractivity contribution in [3.63, 3.8) is 0 Å². The highest BCUT2D eigenvalue weighted by Gasteiger charge is 2.11. The molecule has 0 bridgehead atoms. The molecular formula is C22H24BrN3O3. The number of ether oxygens (including phenoxy) is 2. The molecule has 0 radical (unpaired) electrons. The molecule has 0 saturated carbocycles. The lowest BCUT2D eigenvalue weighted by atomic mass is 10.2. The van der Waals surface area contributed by atoms with Crippen molar-refractivity contribution >= 4 is 33.0 Å². The van der Waals surface area contributed by atoms with Gasteiger partial charge in [-0.05, 0) is 55.3 Å². The molecule has 0 atom stereocenters. The van der Waals surface area contributed by atoms with Crippen LogP contribution in [0, 0.1) is 0 Å². The molecule has 7 heteroatoms. The third-order valence-electron chi connectivity index (χ3n) is 4.44. The highest BCUT2D eigenvalue weighted by Crippen LogP contribution is 2.27. The Morgan fingerprint density at radius 2 is 2.00 bits per heavy atom. The van der Waals surface area contributed by atoms with Gasteiger partial charge >= 0.3 is 0 Å². The van der Waals surface area contributed by atoms with Crippen molar-refractivity contribution in [2.75, 3.05) is 13.7 Å². The van der Waals surface area contributed by atoms with Crippen LogP contribution in [0.15, 0.2) is 50.8 Å². The van der Waals surface area contributed by atoms with Gasteiger partial charge in [0.2, 0.25) is 0 Å². The number of aryl methyl sites for hydroxylation is 1. The van der Waals surface area contributed by atoms with E-state index in [-0.39, 0.29) is 5.56 Å². The Labute approximate surface area is 178 Å². The van der Waals surface area contributed by atoms with Crippen LogP contribution in [0.5, 0.6) is 11.5 Å². The highest BCUT2D eigenvalue weighted by atomic mass is 79.9. The first-order valence-electron chi connectivity index (χ1n) is 9.63. The van der Waals surface area contributed by atoms with Gasteiger partial charge in [-0.25, -0.2) is 4.98 Å². The summed E-state index contributed by atoms with van der Waals surface area (Å²) in [6.45, 7) is 4.55. The van der Waals surface area contributed by atoms with Crippen LogP contribution < -0.4 is 15.0 Å². The van der Waals surface area contributed by atoms with E-state index in [9.17, 15) is 4.79 Å². The molecule has 3 rings (SSSR count). The minimum absolute atomic E-state index is 0.183. The fourth-order valence-corrected chi connectivity index (χ4v) is 3.34. The number of hydrogen-bond donors (Lipinski definition) is 0. The molecule has 0 saturated heterocycles. The molecule has 0 unspecified atom stereocenters.